The molecule has 0 unspecified atom stereocenters. The molecule has 0 aromatic rings. The highest BCUT2D eigenvalue weighted by Gasteiger charge is 2.18. The Morgan fingerprint density at radius 1 is 1.46 bits per heavy atom. The Balaban J connectivity index is 2.44. The van der Waals surface area contributed by atoms with Crippen molar-refractivity contribution in [2.75, 3.05) is 0 Å². The van der Waals surface area contributed by atoms with Gasteiger partial charge in [-0.05, 0) is 37.6 Å². The van der Waals surface area contributed by atoms with E-state index in [9.17, 15) is 0 Å². The standard InChI is InChI=1S/C10H11NOS/c1-10(2)7-8-4-6-12-13-9(8)3-5-11-10/h3-7H,1-2H3. The number of fused-ring (bicyclic) bond motifs is 1. The van der Waals surface area contributed by atoms with Crippen LogP contribution in [0.3, 0.4) is 0 Å². The topological polar surface area (TPSA) is 21.6 Å². The van der Waals surface area contributed by atoms with E-state index in [1.54, 1.807) is 6.26 Å². The molecule has 68 valence electrons. The molecule has 2 rings (SSSR count). The molecule has 0 aliphatic carbocycles. The molecule has 0 saturated carbocycles. The maximum Gasteiger partial charge on any atom is 0.102 e. The van der Waals surface area contributed by atoms with Gasteiger partial charge in [0.05, 0.1) is 22.5 Å². The summed E-state index contributed by atoms with van der Waals surface area (Å²) in [5, 5.41) is 0. The molecule has 0 atom stereocenters. The molecule has 0 spiro atoms. The number of aliphatic imine (C=N–C) groups is 1. The van der Waals surface area contributed by atoms with Gasteiger partial charge in [0.25, 0.3) is 0 Å². The molecule has 0 bridgehead atoms. The van der Waals surface area contributed by atoms with Gasteiger partial charge in [0.1, 0.15) is 6.26 Å². The van der Waals surface area contributed by atoms with Crippen LogP contribution in [0.15, 0.2) is 40.0 Å². The van der Waals surface area contributed by atoms with E-state index in [1.807, 2.05) is 18.4 Å². The predicted molar refractivity (Wildman–Crippen MR) is 56.6 cm³/mol. The van der Waals surface area contributed by atoms with Crippen LogP contribution in [-0.4, -0.2) is 11.8 Å². The molecule has 2 aliphatic heterocycles. The van der Waals surface area contributed by atoms with Gasteiger partial charge in [0.15, 0.2) is 0 Å². The number of allylic oxidation sites excluding steroid dienone is 3. The quantitative estimate of drug-likeness (QED) is 0.552. The Kier molecular flexibility index (Phi) is 2.04. The molecular weight excluding hydrogens is 182 g/mol. The highest BCUT2D eigenvalue weighted by atomic mass is 32.2. The summed E-state index contributed by atoms with van der Waals surface area (Å²) in [6, 6.07) is 0. The summed E-state index contributed by atoms with van der Waals surface area (Å²) in [5.74, 6) is 0. The van der Waals surface area contributed by atoms with E-state index in [-0.39, 0.29) is 5.54 Å². The van der Waals surface area contributed by atoms with Crippen molar-refractivity contribution >= 4 is 18.3 Å². The van der Waals surface area contributed by atoms with E-state index in [4.69, 9.17) is 4.18 Å². The van der Waals surface area contributed by atoms with Gasteiger partial charge >= 0.3 is 0 Å². The smallest absolute Gasteiger partial charge is 0.102 e. The van der Waals surface area contributed by atoms with Crippen LogP contribution in [0, 0.1) is 0 Å². The third-order valence-electron chi connectivity index (χ3n) is 1.87. The Morgan fingerprint density at radius 3 is 3.15 bits per heavy atom. The predicted octanol–water partition coefficient (Wildman–Crippen LogP) is 2.85. The van der Waals surface area contributed by atoms with E-state index in [0.29, 0.717) is 0 Å². The number of rotatable bonds is 0. The summed E-state index contributed by atoms with van der Waals surface area (Å²) in [6.45, 7) is 4.17. The number of nitrogens with zero attached hydrogens (tertiary/aromatic N) is 1. The Morgan fingerprint density at radius 2 is 2.31 bits per heavy atom. The average molecular weight is 193 g/mol. The summed E-state index contributed by atoms with van der Waals surface area (Å²) < 4.78 is 5.13. The van der Waals surface area contributed by atoms with Gasteiger partial charge in [-0.1, -0.05) is 0 Å². The fraction of sp³-hybridized carbons (Fsp3) is 0.300. The Labute approximate surface area is 82.3 Å². The second kappa shape index (κ2) is 3.07. The maximum absolute atomic E-state index is 5.13. The van der Waals surface area contributed by atoms with Crippen LogP contribution in [0.2, 0.25) is 0 Å². The van der Waals surface area contributed by atoms with Gasteiger partial charge in [-0.2, -0.15) is 0 Å². The molecule has 3 heteroatoms. The molecule has 2 heterocycles. The van der Waals surface area contributed by atoms with Gasteiger partial charge in [0, 0.05) is 6.21 Å². The summed E-state index contributed by atoms with van der Waals surface area (Å²) >= 11 is 1.38. The summed E-state index contributed by atoms with van der Waals surface area (Å²) in [4.78, 5) is 5.52. The van der Waals surface area contributed by atoms with E-state index in [1.165, 1.54) is 17.6 Å². The molecule has 0 amide bonds. The highest BCUT2D eigenvalue weighted by Crippen LogP contribution is 2.33. The van der Waals surface area contributed by atoms with Gasteiger partial charge in [0.2, 0.25) is 0 Å². The zero-order chi connectivity index (χ0) is 9.31. The third-order valence-corrected chi connectivity index (χ3v) is 2.63. The molecule has 0 aromatic carbocycles. The van der Waals surface area contributed by atoms with Crippen LogP contribution in [0.25, 0.3) is 0 Å². The monoisotopic (exact) mass is 193 g/mol. The van der Waals surface area contributed by atoms with Crippen molar-refractivity contribution in [3.63, 3.8) is 0 Å². The van der Waals surface area contributed by atoms with Gasteiger partial charge in [-0.15, -0.1) is 0 Å². The van der Waals surface area contributed by atoms with Crippen molar-refractivity contribution in [2.24, 2.45) is 4.99 Å². The average Bonchev–Trinajstić information content (AvgIpc) is 2.21. The van der Waals surface area contributed by atoms with Gasteiger partial charge in [-0.3, -0.25) is 4.99 Å². The van der Waals surface area contributed by atoms with Crippen LogP contribution in [0.1, 0.15) is 13.8 Å². The van der Waals surface area contributed by atoms with E-state index >= 15 is 0 Å². The first-order valence-electron chi connectivity index (χ1n) is 4.16. The van der Waals surface area contributed by atoms with Gasteiger partial charge in [-0.25, -0.2) is 0 Å². The second-order valence-corrected chi connectivity index (χ2v) is 4.34. The first-order chi connectivity index (χ1) is 6.17. The normalized spacial score (nSPS) is 23.8. The fourth-order valence-corrected chi connectivity index (χ4v) is 1.82. The first-order valence-corrected chi connectivity index (χ1v) is 4.90. The molecule has 0 N–H and O–H groups in total. The number of hydrogen-bond donors (Lipinski definition) is 0. The summed E-state index contributed by atoms with van der Waals surface area (Å²) in [7, 11) is 0. The van der Waals surface area contributed by atoms with Crippen molar-refractivity contribution in [2.45, 2.75) is 19.4 Å². The lowest BCUT2D eigenvalue weighted by Crippen LogP contribution is -2.12. The van der Waals surface area contributed by atoms with Crippen LogP contribution in [-0.2, 0) is 4.18 Å². The minimum Gasteiger partial charge on any atom is -0.428 e. The SMILES string of the molecule is CC1(C)C=C2C=COSC2=CC=N1. The van der Waals surface area contributed by atoms with Crippen molar-refractivity contribution in [1.82, 2.24) is 0 Å². The summed E-state index contributed by atoms with van der Waals surface area (Å²) in [5.41, 5.74) is 1.08. The second-order valence-electron chi connectivity index (χ2n) is 3.54. The van der Waals surface area contributed by atoms with Crippen molar-refractivity contribution in [1.29, 1.82) is 0 Å². The van der Waals surface area contributed by atoms with E-state index in [2.05, 4.69) is 24.9 Å². The van der Waals surface area contributed by atoms with Crippen LogP contribution in [0.5, 0.6) is 0 Å². The lowest BCUT2D eigenvalue weighted by molar-refractivity contribution is 0.565. The maximum atomic E-state index is 5.13. The minimum absolute atomic E-state index is 0.115. The van der Waals surface area contributed by atoms with Crippen molar-refractivity contribution in [3.8, 4) is 0 Å². The molecule has 2 nitrogen and oxygen atoms in total. The fourth-order valence-electron chi connectivity index (χ4n) is 1.27. The van der Waals surface area contributed by atoms with Crippen molar-refractivity contribution in [3.05, 3.63) is 35.0 Å². The molecule has 0 fully saturated rings. The molecule has 0 aromatic heterocycles. The molecule has 0 saturated heterocycles. The zero-order valence-electron chi connectivity index (χ0n) is 7.65. The first kappa shape index (κ1) is 8.63. The zero-order valence-corrected chi connectivity index (χ0v) is 8.47. The summed E-state index contributed by atoms with van der Waals surface area (Å²) in [6.07, 6.45) is 9.64. The Bertz CT molecular complexity index is 337. The van der Waals surface area contributed by atoms with Crippen LogP contribution >= 0.6 is 12.0 Å². The van der Waals surface area contributed by atoms with Gasteiger partial charge < -0.3 is 4.18 Å². The Hall–Kier alpha value is -0.960. The lowest BCUT2D eigenvalue weighted by Gasteiger charge is -2.16. The molecule has 0 radical (unpaired) electrons. The highest BCUT2D eigenvalue weighted by molar-refractivity contribution is 7.99. The lowest BCUT2D eigenvalue weighted by atomic mass is 10.0. The molecule has 13 heavy (non-hydrogen) atoms. The molecule has 2 aliphatic rings. The largest absolute Gasteiger partial charge is 0.428 e. The third kappa shape index (κ3) is 1.86. The number of hydrogen-bond acceptors (Lipinski definition) is 3. The van der Waals surface area contributed by atoms with Crippen LogP contribution < -0.4 is 0 Å². The van der Waals surface area contributed by atoms with E-state index in [0.717, 1.165) is 4.91 Å². The minimum atomic E-state index is -0.115. The van der Waals surface area contributed by atoms with Crippen molar-refractivity contribution < 1.29 is 4.18 Å². The van der Waals surface area contributed by atoms with Crippen LogP contribution in [0.4, 0.5) is 0 Å². The van der Waals surface area contributed by atoms with E-state index < -0.39 is 0 Å². The molecular formula is C10H11NOS.